The number of amides is 1. The quantitative estimate of drug-likeness (QED) is 0.769. The number of hydrogen-bond acceptors (Lipinski definition) is 5. The van der Waals surface area contributed by atoms with E-state index in [-0.39, 0.29) is 12.1 Å². The predicted molar refractivity (Wildman–Crippen MR) is 79.5 cm³/mol. The first-order chi connectivity index (χ1) is 11.6. The van der Waals surface area contributed by atoms with Gasteiger partial charge in [0, 0.05) is 11.6 Å². The van der Waals surface area contributed by atoms with Crippen molar-refractivity contribution in [3.63, 3.8) is 0 Å². The van der Waals surface area contributed by atoms with E-state index in [1.54, 1.807) is 12.1 Å². The molecule has 2 aromatic heterocycles. The molecule has 7 nitrogen and oxygen atoms in total. The smallest absolute Gasteiger partial charge is 0.251 e. The van der Waals surface area contributed by atoms with Crippen molar-refractivity contribution >= 4 is 11.6 Å². The Bertz CT molecular complexity index is 897. The molecule has 0 unspecified atom stereocenters. The highest BCUT2D eigenvalue weighted by molar-refractivity contribution is 5.94. The molecule has 0 saturated carbocycles. The van der Waals surface area contributed by atoms with Crippen molar-refractivity contribution in [1.29, 1.82) is 0 Å². The van der Waals surface area contributed by atoms with E-state index in [0.29, 0.717) is 24.0 Å². The molecule has 0 spiro atoms. The van der Waals surface area contributed by atoms with Gasteiger partial charge in [0.1, 0.15) is 0 Å². The lowest BCUT2D eigenvalue weighted by atomic mass is 10.2. The summed E-state index contributed by atoms with van der Waals surface area (Å²) in [7, 11) is 0. The fourth-order valence-corrected chi connectivity index (χ4v) is 2.05. The molecule has 9 heteroatoms. The van der Waals surface area contributed by atoms with Crippen LogP contribution >= 0.6 is 0 Å². The highest BCUT2D eigenvalue weighted by Gasteiger charge is 2.12. The van der Waals surface area contributed by atoms with E-state index < -0.39 is 17.5 Å². The molecule has 2 heterocycles. The molecule has 0 radical (unpaired) electrons. The predicted octanol–water partition coefficient (Wildman–Crippen LogP) is 1.73. The van der Waals surface area contributed by atoms with E-state index in [1.807, 2.05) is 6.92 Å². The third-order valence-corrected chi connectivity index (χ3v) is 3.18. The Morgan fingerprint density at radius 1 is 1.21 bits per heavy atom. The van der Waals surface area contributed by atoms with Crippen LogP contribution in [0, 0.1) is 11.6 Å². The van der Waals surface area contributed by atoms with Gasteiger partial charge in [0.05, 0.1) is 13.2 Å². The molecule has 3 rings (SSSR count). The van der Waals surface area contributed by atoms with E-state index in [0.717, 1.165) is 12.1 Å². The van der Waals surface area contributed by atoms with Gasteiger partial charge in [-0.05, 0) is 31.2 Å². The SMILES string of the molecule is CCOc1ccc2nnc(CNC(=O)c3ccc(F)c(F)c3)n2n1. The van der Waals surface area contributed by atoms with Gasteiger partial charge >= 0.3 is 0 Å². The summed E-state index contributed by atoms with van der Waals surface area (Å²) in [6.45, 7) is 2.31. The minimum Gasteiger partial charge on any atom is -0.477 e. The molecule has 1 amide bonds. The van der Waals surface area contributed by atoms with Crippen LogP contribution in [0.15, 0.2) is 30.3 Å². The third-order valence-electron chi connectivity index (χ3n) is 3.18. The largest absolute Gasteiger partial charge is 0.477 e. The Morgan fingerprint density at radius 3 is 2.79 bits per heavy atom. The highest BCUT2D eigenvalue weighted by Crippen LogP contribution is 2.10. The van der Waals surface area contributed by atoms with Gasteiger partial charge in [-0.15, -0.1) is 15.3 Å². The molecular weight excluding hydrogens is 320 g/mol. The maximum Gasteiger partial charge on any atom is 0.251 e. The second kappa shape index (κ2) is 6.57. The van der Waals surface area contributed by atoms with Crippen LogP contribution < -0.4 is 10.1 Å². The van der Waals surface area contributed by atoms with Crippen molar-refractivity contribution in [1.82, 2.24) is 25.1 Å². The normalized spacial score (nSPS) is 10.8. The Labute approximate surface area is 135 Å². The van der Waals surface area contributed by atoms with Crippen LogP contribution in [0.2, 0.25) is 0 Å². The Kier molecular flexibility index (Phi) is 4.32. The first-order valence-corrected chi connectivity index (χ1v) is 7.16. The second-order valence-electron chi connectivity index (χ2n) is 4.80. The number of rotatable bonds is 5. The monoisotopic (exact) mass is 333 g/mol. The Morgan fingerprint density at radius 2 is 2.04 bits per heavy atom. The van der Waals surface area contributed by atoms with E-state index in [4.69, 9.17) is 4.74 Å². The number of aromatic nitrogens is 4. The topological polar surface area (TPSA) is 81.4 Å². The molecule has 1 aromatic carbocycles. The zero-order valence-electron chi connectivity index (χ0n) is 12.7. The summed E-state index contributed by atoms with van der Waals surface area (Å²) >= 11 is 0. The number of fused-ring (bicyclic) bond motifs is 1. The highest BCUT2D eigenvalue weighted by atomic mass is 19.2. The molecular formula is C15H13F2N5O2. The van der Waals surface area contributed by atoms with Crippen molar-refractivity contribution in [2.45, 2.75) is 13.5 Å². The summed E-state index contributed by atoms with van der Waals surface area (Å²) in [5.74, 6) is -1.88. The van der Waals surface area contributed by atoms with Gasteiger partial charge in [0.15, 0.2) is 23.1 Å². The average Bonchev–Trinajstić information content (AvgIpc) is 2.98. The zero-order valence-corrected chi connectivity index (χ0v) is 12.7. The van der Waals surface area contributed by atoms with Crippen molar-refractivity contribution < 1.29 is 18.3 Å². The van der Waals surface area contributed by atoms with E-state index >= 15 is 0 Å². The maximum absolute atomic E-state index is 13.2. The van der Waals surface area contributed by atoms with Gasteiger partial charge < -0.3 is 10.1 Å². The lowest BCUT2D eigenvalue weighted by molar-refractivity contribution is 0.0949. The Balaban J connectivity index is 1.76. The van der Waals surface area contributed by atoms with Gasteiger partial charge in [-0.3, -0.25) is 4.79 Å². The van der Waals surface area contributed by atoms with Crippen LogP contribution in [0.1, 0.15) is 23.1 Å². The van der Waals surface area contributed by atoms with Gasteiger partial charge in [-0.2, -0.15) is 4.52 Å². The number of benzene rings is 1. The minimum absolute atomic E-state index is 0.00526. The van der Waals surface area contributed by atoms with Gasteiger partial charge in [0.25, 0.3) is 5.91 Å². The van der Waals surface area contributed by atoms with Gasteiger partial charge in [0.2, 0.25) is 5.88 Å². The van der Waals surface area contributed by atoms with Crippen molar-refractivity contribution in [2.75, 3.05) is 6.61 Å². The number of halogens is 2. The van der Waals surface area contributed by atoms with Crippen LogP contribution in [-0.2, 0) is 6.54 Å². The molecule has 0 atom stereocenters. The molecule has 0 aliphatic rings. The maximum atomic E-state index is 13.2. The molecule has 24 heavy (non-hydrogen) atoms. The molecule has 3 aromatic rings. The molecule has 0 fully saturated rings. The standard InChI is InChI=1S/C15H13F2N5O2/c1-2-24-14-6-5-12-19-20-13(22(12)21-14)8-18-15(23)9-3-4-10(16)11(17)7-9/h3-7H,2,8H2,1H3,(H,18,23). The third kappa shape index (κ3) is 3.14. The summed E-state index contributed by atoms with van der Waals surface area (Å²) in [6, 6.07) is 6.27. The van der Waals surface area contributed by atoms with Crippen molar-refractivity contribution in [3.05, 3.63) is 53.4 Å². The molecule has 0 saturated heterocycles. The fourth-order valence-electron chi connectivity index (χ4n) is 2.05. The number of nitrogens with zero attached hydrogens (tertiary/aromatic N) is 4. The molecule has 0 aliphatic heterocycles. The molecule has 1 N–H and O–H groups in total. The summed E-state index contributed by atoms with van der Waals surface area (Å²) in [5, 5.41) is 14.6. The first-order valence-electron chi connectivity index (χ1n) is 7.16. The number of carbonyl (C=O) groups is 1. The lowest BCUT2D eigenvalue weighted by Crippen LogP contribution is -2.24. The lowest BCUT2D eigenvalue weighted by Gasteiger charge is -2.05. The molecule has 124 valence electrons. The summed E-state index contributed by atoms with van der Waals surface area (Å²) in [6.07, 6.45) is 0. The Hall–Kier alpha value is -3.10. The average molecular weight is 333 g/mol. The number of ether oxygens (including phenoxy) is 1. The van der Waals surface area contributed by atoms with Crippen LogP contribution in [0.5, 0.6) is 5.88 Å². The summed E-state index contributed by atoms with van der Waals surface area (Å²) in [5.41, 5.74) is 0.501. The van der Waals surface area contributed by atoms with E-state index in [9.17, 15) is 13.6 Å². The number of nitrogens with one attached hydrogen (secondary N) is 1. The minimum atomic E-state index is -1.08. The molecule has 0 bridgehead atoms. The number of hydrogen-bond donors (Lipinski definition) is 1. The molecule has 0 aliphatic carbocycles. The summed E-state index contributed by atoms with van der Waals surface area (Å²) in [4.78, 5) is 12.0. The van der Waals surface area contributed by atoms with Crippen LogP contribution in [-0.4, -0.2) is 32.3 Å². The second-order valence-corrected chi connectivity index (χ2v) is 4.80. The van der Waals surface area contributed by atoms with Crippen molar-refractivity contribution in [3.8, 4) is 5.88 Å². The summed E-state index contributed by atoms with van der Waals surface area (Å²) < 4.78 is 32.8. The van der Waals surface area contributed by atoms with E-state index in [2.05, 4.69) is 20.6 Å². The fraction of sp³-hybridized carbons (Fsp3) is 0.200. The first kappa shape index (κ1) is 15.8. The van der Waals surface area contributed by atoms with Crippen LogP contribution in [0.3, 0.4) is 0 Å². The van der Waals surface area contributed by atoms with Crippen LogP contribution in [0.4, 0.5) is 8.78 Å². The number of carbonyl (C=O) groups excluding carboxylic acids is 1. The van der Waals surface area contributed by atoms with Crippen LogP contribution in [0.25, 0.3) is 5.65 Å². The van der Waals surface area contributed by atoms with Gasteiger partial charge in [-0.25, -0.2) is 8.78 Å². The van der Waals surface area contributed by atoms with Crippen molar-refractivity contribution in [2.24, 2.45) is 0 Å². The zero-order chi connectivity index (χ0) is 17.1. The van der Waals surface area contributed by atoms with E-state index in [1.165, 1.54) is 10.6 Å². The van der Waals surface area contributed by atoms with Gasteiger partial charge in [-0.1, -0.05) is 0 Å².